The number of likely N-dealkylation sites (tertiary alicyclic amines) is 2. The van der Waals surface area contributed by atoms with Gasteiger partial charge in [-0.25, -0.2) is 0 Å². The number of rotatable bonds is 5. The minimum Gasteiger partial charge on any atom is -0.343 e. The predicted octanol–water partition coefficient (Wildman–Crippen LogP) is 3.49. The summed E-state index contributed by atoms with van der Waals surface area (Å²) >= 11 is 0. The van der Waals surface area contributed by atoms with Gasteiger partial charge in [-0.2, -0.15) is 0 Å². The van der Waals surface area contributed by atoms with Crippen LogP contribution < -0.4 is 0 Å². The lowest BCUT2D eigenvalue weighted by Gasteiger charge is -2.36. The second-order valence-electron chi connectivity index (χ2n) is 13.4. The SMILES string of the molecule is CC(=O)N1CCC2(CC1)N=C(c1ccc(-c3ccc4c(c3)CCN(C(C)=O)C4)cc1)N(C[C@@H]1CCN(C(=O)C3CC3)C1)C2=O. The maximum Gasteiger partial charge on any atom is 0.256 e. The first-order chi connectivity index (χ1) is 21.2. The number of hydrogen-bond donors (Lipinski definition) is 0. The summed E-state index contributed by atoms with van der Waals surface area (Å²) in [6, 6.07) is 14.8. The zero-order valence-electron chi connectivity index (χ0n) is 25.8. The van der Waals surface area contributed by atoms with Crippen molar-refractivity contribution in [2.24, 2.45) is 16.8 Å². The third-order valence-corrected chi connectivity index (χ3v) is 10.4. The van der Waals surface area contributed by atoms with E-state index in [2.05, 4.69) is 42.5 Å². The summed E-state index contributed by atoms with van der Waals surface area (Å²) in [6.45, 7) is 7.67. The Balaban J connectivity index is 1.13. The molecule has 230 valence electrons. The molecule has 4 heterocycles. The van der Waals surface area contributed by atoms with Gasteiger partial charge in [0, 0.05) is 71.1 Å². The van der Waals surface area contributed by atoms with Gasteiger partial charge in [-0.3, -0.25) is 29.1 Å². The maximum atomic E-state index is 14.2. The number of carbonyl (C=O) groups excluding carboxylic acids is 4. The Bertz CT molecular complexity index is 1540. The average Bonchev–Trinajstić information content (AvgIpc) is 3.73. The minimum atomic E-state index is -0.839. The van der Waals surface area contributed by atoms with E-state index in [9.17, 15) is 19.2 Å². The third kappa shape index (κ3) is 5.30. The van der Waals surface area contributed by atoms with Gasteiger partial charge in [0.25, 0.3) is 5.91 Å². The van der Waals surface area contributed by atoms with Crippen LogP contribution in [0.5, 0.6) is 0 Å². The van der Waals surface area contributed by atoms with Crippen LogP contribution in [-0.2, 0) is 32.1 Å². The molecule has 1 saturated carbocycles. The van der Waals surface area contributed by atoms with Crippen molar-refractivity contribution in [3.63, 3.8) is 0 Å². The summed E-state index contributed by atoms with van der Waals surface area (Å²) in [5.74, 6) is 1.58. The highest BCUT2D eigenvalue weighted by Crippen LogP contribution is 2.38. The number of fused-ring (bicyclic) bond motifs is 1. The molecule has 7 rings (SSSR count). The number of amides is 4. The summed E-state index contributed by atoms with van der Waals surface area (Å²) in [7, 11) is 0. The number of piperidine rings is 1. The van der Waals surface area contributed by atoms with Crippen LogP contribution in [0.15, 0.2) is 47.5 Å². The molecule has 0 aromatic heterocycles. The largest absolute Gasteiger partial charge is 0.343 e. The highest BCUT2D eigenvalue weighted by Gasteiger charge is 2.51. The second-order valence-corrected chi connectivity index (χ2v) is 13.4. The summed E-state index contributed by atoms with van der Waals surface area (Å²) in [5.41, 5.74) is 4.78. The fraction of sp³-hybridized carbons (Fsp3) is 0.514. The highest BCUT2D eigenvalue weighted by atomic mass is 16.2. The Morgan fingerprint density at radius 3 is 2.16 bits per heavy atom. The van der Waals surface area contributed by atoms with Crippen LogP contribution in [0.4, 0.5) is 0 Å². The van der Waals surface area contributed by atoms with E-state index in [4.69, 9.17) is 4.99 Å². The van der Waals surface area contributed by atoms with Crippen LogP contribution in [0.2, 0.25) is 0 Å². The van der Waals surface area contributed by atoms with Crippen LogP contribution in [0.3, 0.4) is 0 Å². The van der Waals surface area contributed by atoms with Crippen molar-refractivity contribution in [1.29, 1.82) is 0 Å². The fourth-order valence-corrected chi connectivity index (χ4v) is 7.41. The highest BCUT2D eigenvalue weighted by molar-refractivity contribution is 6.15. The summed E-state index contributed by atoms with van der Waals surface area (Å²) < 4.78 is 0. The Morgan fingerprint density at radius 1 is 0.795 bits per heavy atom. The first-order valence-electron chi connectivity index (χ1n) is 16.1. The topological polar surface area (TPSA) is 93.6 Å². The third-order valence-electron chi connectivity index (χ3n) is 10.4. The zero-order valence-corrected chi connectivity index (χ0v) is 25.8. The van der Waals surface area contributed by atoms with Crippen LogP contribution in [-0.4, -0.2) is 93.9 Å². The second kappa shape index (κ2) is 11.2. The fourth-order valence-electron chi connectivity index (χ4n) is 7.41. The van der Waals surface area contributed by atoms with Crippen LogP contribution in [0, 0.1) is 11.8 Å². The molecule has 5 aliphatic rings. The maximum absolute atomic E-state index is 14.2. The summed E-state index contributed by atoms with van der Waals surface area (Å²) in [5, 5.41) is 0. The number of amidine groups is 1. The van der Waals surface area contributed by atoms with Crippen molar-refractivity contribution in [2.75, 3.05) is 39.3 Å². The van der Waals surface area contributed by atoms with Crippen LogP contribution in [0.25, 0.3) is 11.1 Å². The Hall–Kier alpha value is -4.01. The lowest BCUT2D eigenvalue weighted by molar-refractivity contribution is -0.137. The van der Waals surface area contributed by atoms with Crippen molar-refractivity contribution >= 4 is 29.5 Å². The molecule has 2 saturated heterocycles. The van der Waals surface area contributed by atoms with Gasteiger partial charge in [-0.15, -0.1) is 0 Å². The molecule has 1 atom stereocenters. The standard InChI is InChI=1S/C35H41N5O4/c1-23(41)37-17-13-35(14-18-37)34(44)40(21-25-11-15-39(20-25)33(43)28-7-8-28)32(36-35)27-5-3-26(4-6-27)29-9-10-31-22-38(24(2)42)16-12-30(31)19-29/h3-6,9-10,19,25,28H,7-8,11-18,20-22H2,1-2H3/t25-/m1/s1. The molecular formula is C35H41N5O4. The molecule has 4 amide bonds. The first kappa shape index (κ1) is 28.7. The predicted molar refractivity (Wildman–Crippen MR) is 167 cm³/mol. The van der Waals surface area contributed by atoms with Gasteiger partial charge in [0.2, 0.25) is 17.7 Å². The van der Waals surface area contributed by atoms with E-state index in [0.29, 0.717) is 51.4 Å². The van der Waals surface area contributed by atoms with Crippen molar-refractivity contribution in [3.05, 3.63) is 59.2 Å². The molecule has 1 spiro atoms. The molecule has 2 aromatic rings. The molecule has 3 fully saturated rings. The smallest absolute Gasteiger partial charge is 0.256 e. The monoisotopic (exact) mass is 595 g/mol. The number of carbonyl (C=O) groups is 4. The Labute approximate surface area is 258 Å². The Morgan fingerprint density at radius 2 is 1.48 bits per heavy atom. The molecule has 1 aliphatic carbocycles. The molecule has 2 aromatic carbocycles. The van der Waals surface area contributed by atoms with Crippen molar-refractivity contribution in [1.82, 2.24) is 19.6 Å². The number of aliphatic imine (C=N–C) groups is 1. The molecule has 0 bridgehead atoms. The van der Waals surface area contributed by atoms with E-state index in [-0.39, 0.29) is 35.5 Å². The van der Waals surface area contributed by atoms with Crippen molar-refractivity contribution < 1.29 is 19.2 Å². The van der Waals surface area contributed by atoms with Gasteiger partial charge in [-0.1, -0.05) is 42.5 Å². The number of nitrogens with zero attached hydrogens (tertiary/aromatic N) is 5. The van der Waals surface area contributed by atoms with E-state index < -0.39 is 5.54 Å². The van der Waals surface area contributed by atoms with Gasteiger partial charge < -0.3 is 14.7 Å². The molecule has 0 unspecified atom stereocenters. The van der Waals surface area contributed by atoms with Gasteiger partial charge in [0.15, 0.2) is 0 Å². The summed E-state index contributed by atoms with van der Waals surface area (Å²) in [4.78, 5) is 63.5. The van der Waals surface area contributed by atoms with Gasteiger partial charge in [0.1, 0.15) is 11.4 Å². The van der Waals surface area contributed by atoms with Crippen molar-refractivity contribution in [3.8, 4) is 11.1 Å². The number of benzene rings is 2. The average molecular weight is 596 g/mol. The molecule has 9 nitrogen and oxygen atoms in total. The zero-order chi connectivity index (χ0) is 30.6. The van der Waals surface area contributed by atoms with Gasteiger partial charge >= 0.3 is 0 Å². The van der Waals surface area contributed by atoms with Gasteiger partial charge in [0.05, 0.1) is 0 Å². The van der Waals surface area contributed by atoms with E-state index in [0.717, 1.165) is 55.5 Å². The first-order valence-corrected chi connectivity index (χ1v) is 16.1. The lowest BCUT2D eigenvalue weighted by Crippen LogP contribution is -2.51. The summed E-state index contributed by atoms with van der Waals surface area (Å²) in [6.07, 6.45) is 4.79. The molecule has 0 radical (unpaired) electrons. The molecule has 9 heteroatoms. The van der Waals surface area contributed by atoms with E-state index in [1.807, 2.05) is 14.7 Å². The van der Waals surface area contributed by atoms with E-state index >= 15 is 0 Å². The van der Waals surface area contributed by atoms with Crippen LogP contribution in [0.1, 0.15) is 62.6 Å². The number of hydrogen-bond acceptors (Lipinski definition) is 5. The Kier molecular flexibility index (Phi) is 7.29. The molecule has 44 heavy (non-hydrogen) atoms. The normalized spacial score (nSPS) is 22.8. The van der Waals surface area contributed by atoms with Gasteiger partial charge in [-0.05, 0) is 66.7 Å². The van der Waals surface area contributed by atoms with E-state index in [1.165, 1.54) is 11.1 Å². The molecule has 0 N–H and O–H groups in total. The van der Waals surface area contributed by atoms with E-state index in [1.54, 1.807) is 18.7 Å². The molecule has 4 aliphatic heterocycles. The lowest BCUT2D eigenvalue weighted by atomic mass is 9.87. The van der Waals surface area contributed by atoms with Crippen LogP contribution >= 0.6 is 0 Å². The molecular weight excluding hydrogens is 554 g/mol. The minimum absolute atomic E-state index is 0.0287. The quantitative estimate of drug-likeness (QED) is 0.529. The van der Waals surface area contributed by atoms with Crippen molar-refractivity contribution in [2.45, 2.75) is 64.5 Å².